The summed E-state index contributed by atoms with van der Waals surface area (Å²) in [6.45, 7) is 0.103. The largest absolute Gasteiger partial charge is 0.481 e. The maximum absolute atomic E-state index is 13.0. The van der Waals surface area contributed by atoms with Crippen LogP contribution in [0.5, 0.6) is 0 Å². The van der Waals surface area contributed by atoms with Crippen LogP contribution in [0.25, 0.3) is 0 Å². The number of aliphatic carboxylic acids is 1. The van der Waals surface area contributed by atoms with Crippen LogP contribution in [0, 0.1) is 0 Å². The van der Waals surface area contributed by atoms with Crippen LogP contribution < -0.4 is 5.32 Å². The molecule has 0 unspecified atom stereocenters. The van der Waals surface area contributed by atoms with Crippen LogP contribution in [-0.4, -0.2) is 51.0 Å². The number of carboxylic acid groups (broad SMARTS) is 2. The lowest BCUT2D eigenvalue weighted by Gasteiger charge is -2.29. The Labute approximate surface area is 174 Å². The van der Waals surface area contributed by atoms with Crippen molar-refractivity contribution in [2.45, 2.75) is 25.1 Å². The van der Waals surface area contributed by atoms with Gasteiger partial charge in [-0.05, 0) is 23.8 Å². The molecule has 164 valence electrons. The molecule has 0 saturated heterocycles. The van der Waals surface area contributed by atoms with E-state index in [1.54, 1.807) is 6.07 Å². The van der Waals surface area contributed by atoms with Gasteiger partial charge < -0.3 is 20.4 Å². The second-order valence-electron chi connectivity index (χ2n) is 6.94. The highest BCUT2D eigenvalue weighted by molar-refractivity contribution is 5.88. The van der Waals surface area contributed by atoms with Crippen LogP contribution in [0.3, 0.4) is 0 Å². The zero-order valence-corrected chi connectivity index (χ0v) is 16.0. The molecule has 0 bridgehead atoms. The van der Waals surface area contributed by atoms with Crippen LogP contribution in [0.2, 0.25) is 0 Å². The summed E-state index contributed by atoms with van der Waals surface area (Å²) in [6.07, 6.45) is -5.39. The summed E-state index contributed by atoms with van der Waals surface area (Å²) in [5.74, 6) is -2.99. The average molecular weight is 437 g/mol. The number of fused-ring (bicyclic) bond motifs is 1. The Hall–Kier alpha value is -3.63. The van der Waals surface area contributed by atoms with Gasteiger partial charge in [0, 0.05) is 18.7 Å². The molecule has 0 spiro atoms. The normalized spacial score (nSPS) is 16.1. The molecule has 1 aromatic carbocycles. The molecule has 1 atom stereocenters. The van der Waals surface area contributed by atoms with Crippen LogP contribution in [0.4, 0.5) is 19.0 Å². The first-order valence-electron chi connectivity index (χ1n) is 9.21. The van der Waals surface area contributed by atoms with Gasteiger partial charge in [-0.25, -0.2) is 9.78 Å². The number of benzene rings is 1. The van der Waals surface area contributed by atoms with Crippen molar-refractivity contribution < 1.29 is 37.8 Å². The number of carboxylic acids is 2. The van der Waals surface area contributed by atoms with E-state index in [1.807, 2.05) is 0 Å². The zero-order valence-electron chi connectivity index (χ0n) is 16.0. The van der Waals surface area contributed by atoms with Gasteiger partial charge in [-0.15, -0.1) is 0 Å². The van der Waals surface area contributed by atoms with Gasteiger partial charge in [0.1, 0.15) is 11.5 Å². The number of amides is 1. The summed E-state index contributed by atoms with van der Waals surface area (Å²) in [5, 5.41) is 21.2. The molecular formula is C20H18F3N3O5. The third-order valence-electron chi connectivity index (χ3n) is 4.81. The summed E-state index contributed by atoms with van der Waals surface area (Å²) < 4.78 is 39.0. The second kappa shape index (κ2) is 8.62. The zero-order chi connectivity index (χ0) is 22.8. The van der Waals surface area contributed by atoms with E-state index in [2.05, 4.69) is 10.3 Å². The summed E-state index contributed by atoms with van der Waals surface area (Å²) in [5.41, 5.74) is -0.542. The van der Waals surface area contributed by atoms with E-state index in [0.717, 1.165) is 12.1 Å². The lowest BCUT2D eigenvalue weighted by molar-refractivity contribution is -0.142. The maximum atomic E-state index is 13.0. The molecule has 2 aromatic rings. The van der Waals surface area contributed by atoms with Gasteiger partial charge >= 0.3 is 18.1 Å². The Morgan fingerprint density at radius 3 is 2.55 bits per heavy atom. The Kier molecular flexibility index (Phi) is 6.14. The molecule has 3 N–H and O–H groups in total. The van der Waals surface area contributed by atoms with Crippen molar-refractivity contribution in [3.05, 3.63) is 58.8 Å². The van der Waals surface area contributed by atoms with Crippen molar-refractivity contribution in [3.63, 3.8) is 0 Å². The minimum atomic E-state index is -4.67. The number of nitrogens with zero attached hydrogens (tertiary/aromatic N) is 2. The number of nitrogens with one attached hydrogen (secondary N) is 1. The summed E-state index contributed by atoms with van der Waals surface area (Å²) in [6, 6.07) is 6.61. The quantitative estimate of drug-likeness (QED) is 0.658. The van der Waals surface area contributed by atoms with Gasteiger partial charge in [0.15, 0.2) is 0 Å². The highest BCUT2D eigenvalue weighted by Crippen LogP contribution is 2.35. The lowest BCUT2D eigenvalue weighted by atomic mass is 10.0. The van der Waals surface area contributed by atoms with Crippen molar-refractivity contribution in [2.24, 2.45) is 0 Å². The van der Waals surface area contributed by atoms with Crippen LogP contribution >= 0.6 is 0 Å². The number of rotatable bonds is 5. The van der Waals surface area contributed by atoms with Gasteiger partial charge in [-0.1, -0.05) is 18.2 Å². The third kappa shape index (κ3) is 5.11. The number of hydrogen-bond acceptors (Lipinski definition) is 5. The first-order chi connectivity index (χ1) is 14.6. The molecule has 1 aliphatic rings. The molecule has 0 saturated carbocycles. The Morgan fingerprint density at radius 1 is 1.16 bits per heavy atom. The summed E-state index contributed by atoms with van der Waals surface area (Å²) in [7, 11) is 0. The lowest BCUT2D eigenvalue weighted by Crippen LogP contribution is -2.38. The van der Waals surface area contributed by atoms with Crippen molar-refractivity contribution >= 4 is 23.7 Å². The smallest absolute Gasteiger partial charge is 0.433 e. The first kappa shape index (κ1) is 22.1. The number of pyridine rings is 1. The topological polar surface area (TPSA) is 120 Å². The van der Waals surface area contributed by atoms with Gasteiger partial charge in [0.25, 0.3) is 0 Å². The first-order valence-corrected chi connectivity index (χ1v) is 9.21. The molecule has 0 radical (unpaired) electrons. The number of halogens is 3. The van der Waals surface area contributed by atoms with E-state index < -0.39 is 42.2 Å². The molecule has 31 heavy (non-hydrogen) atoms. The van der Waals surface area contributed by atoms with Crippen molar-refractivity contribution in [3.8, 4) is 0 Å². The van der Waals surface area contributed by atoms with E-state index in [1.165, 1.54) is 23.1 Å². The monoisotopic (exact) mass is 437 g/mol. The number of carbonyl (C=O) groups is 3. The molecule has 11 heteroatoms. The minimum absolute atomic E-state index is 0.000792. The van der Waals surface area contributed by atoms with Crippen LogP contribution in [-0.2, 0) is 22.2 Å². The fraction of sp³-hybridized carbons (Fsp3) is 0.300. The molecule has 1 amide bonds. The number of carbonyl (C=O) groups excluding carboxylic acids is 1. The van der Waals surface area contributed by atoms with Crippen LogP contribution in [0.1, 0.15) is 39.6 Å². The predicted octanol–water partition coefficient (Wildman–Crippen LogP) is 2.81. The van der Waals surface area contributed by atoms with E-state index in [9.17, 15) is 32.7 Å². The second-order valence-corrected chi connectivity index (χ2v) is 6.94. The molecule has 1 aromatic heterocycles. The molecule has 1 aliphatic heterocycles. The van der Waals surface area contributed by atoms with Crippen molar-refractivity contribution in [2.75, 3.05) is 18.4 Å². The van der Waals surface area contributed by atoms with Gasteiger partial charge in [0.05, 0.1) is 24.4 Å². The number of hydrogen-bond donors (Lipinski definition) is 3. The van der Waals surface area contributed by atoms with Gasteiger partial charge in [-0.3, -0.25) is 9.59 Å². The third-order valence-corrected chi connectivity index (χ3v) is 4.81. The Morgan fingerprint density at radius 2 is 1.90 bits per heavy atom. The number of anilines is 1. The number of aromatic carboxylic acids is 1. The maximum Gasteiger partial charge on any atom is 0.433 e. The van der Waals surface area contributed by atoms with E-state index in [4.69, 9.17) is 5.11 Å². The predicted molar refractivity (Wildman–Crippen MR) is 102 cm³/mol. The summed E-state index contributed by atoms with van der Waals surface area (Å²) >= 11 is 0. The van der Waals surface area contributed by atoms with Gasteiger partial charge in [0.2, 0.25) is 5.91 Å². The minimum Gasteiger partial charge on any atom is -0.481 e. The summed E-state index contributed by atoms with van der Waals surface area (Å²) in [4.78, 5) is 40.4. The van der Waals surface area contributed by atoms with Gasteiger partial charge in [-0.2, -0.15) is 13.2 Å². The molecule has 8 nitrogen and oxygen atoms in total. The Bertz CT molecular complexity index is 1030. The van der Waals surface area contributed by atoms with Crippen LogP contribution in [0.15, 0.2) is 36.4 Å². The fourth-order valence-corrected chi connectivity index (χ4v) is 3.43. The van der Waals surface area contributed by atoms with E-state index in [0.29, 0.717) is 5.56 Å². The molecular weight excluding hydrogens is 419 g/mol. The molecule has 0 aliphatic carbocycles. The standard InChI is InChI=1S/C20H18F3N3O5/c21-20(22,23)15-5-4-13-14(10-17(28)29)26(7-6-24-18(13)25-15)16(27)9-11-2-1-3-12(8-11)19(30)31/h1-5,8,14H,6-7,9-10H2,(H,24,25)(H,28,29)(H,30,31)/t14-/m1/s1. The highest BCUT2D eigenvalue weighted by atomic mass is 19.4. The Balaban J connectivity index is 1.93. The number of aromatic nitrogens is 1. The van der Waals surface area contributed by atoms with Crippen molar-refractivity contribution in [1.82, 2.24) is 9.88 Å². The fourth-order valence-electron chi connectivity index (χ4n) is 3.43. The number of alkyl halides is 3. The van der Waals surface area contributed by atoms with E-state index >= 15 is 0 Å². The van der Waals surface area contributed by atoms with E-state index in [-0.39, 0.29) is 36.5 Å². The SMILES string of the molecule is O=C(O)C[C@@H]1c2ccc(C(F)(F)F)nc2NCCN1C(=O)Cc1cccc(C(=O)O)c1. The molecule has 0 fully saturated rings. The van der Waals surface area contributed by atoms with Crippen molar-refractivity contribution in [1.29, 1.82) is 0 Å². The highest BCUT2D eigenvalue weighted by Gasteiger charge is 2.36. The molecule has 3 rings (SSSR count). The average Bonchev–Trinajstić information content (AvgIpc) is 2.86. The molecule has 2 heterocycles.